The Balaban J connectivity index is 2.54. The van der Waals surface area contributed by atoms with E-state index < -0.39 is 20.5 Å². The third kappa shape index (κ3) is 2.70. The second kappa shape index (κ2) is 5.83. The van der Waals surface area contributed by atoms with Crippen LogP contribution in [0.2, 0.25) is 5.02 Å². The van der Waals surface area contributed by atoms with Gasteiger partial charge in [0.15, 0.2) is 9.84 Å². The molecule has 2 N–H and O–H groups in total. The fourth-order valence-electron chi connectivity index (χ4n) is 3.06. The molecule has 0 amide bonds. The molecule has 4 nitrogen and oxygen atoms in total. The van der Waals surface area contributed by atoms with Crippen LogP contribution in [0.5, 0.6) is 0 Å². The Morgan fingerprint density at radius 1 is 1.52 bits per heavy atom. The average Bonchev–Trinajstić information content (AvgIpc) is 3.10. The molecule has 2 rings (SSSR count). The zero-order chi connectivity index (χ0) is 15.8. The molecule has 1 aromatic carbocycles. The highest BCUT2D eigenvalue weighted by atomic mass is 35.5. The highest BCUT2D eigenvalue weighted by Gasteiger charge is 2.72. The first-order valence-corrected chi connectivity index (χ1v) is 9.07. The largest absolute Gasteiger partial charge is 0.393 e. The number of benzene rings is 1. The van der Waals surface area contributed by atoms with Crippen LogP contribution in [0.25, 0.3) is 0 Å². The van der Waals surface area contributed by atoms with Gasteiger partial charge in [-0.25, -0.2) is 8.42 Å². The second-order valence-corrected chi connectivity index (χ2v) is 8.53. The quantitative estimate of drug-likeness (QED) is 0.798. The lowest BCUT2D eigenvalue weighted by Crippen LogP contribution is -2.33. The molecule has 0 bridgehead atoms. The molecule has 0 unspecified atom stereocenters. The lowest BCUT2D eigenvalue weighted by molar-refractivity contribution is 0.166. The van der Waals surface area contributed by atoms with Crippen LogP contribution in [0.1, 0.15) is 18.4 Å². The van der Waals surface area contributed by atoms with Gasteiger partial charge in [0.25, 0.3) is 0 Å². The number of ether oxygens (including phenoxy) is 1. The molecule has 1 aromatic rings. The Kier molecular flexibility index (Phi) is 4.63. The smallest absolute Gasteiger partial charge is 0.154 e. The molecule has 0 radical (unpaired) electrons. The van der Waals surface area contributed by atoms with Crippen molar-refractivity contribution in [2.45, 2.75) is 18.1 Å². The van der Waals surface area contributed by atoms with Crippen LogP contribution >= 0.6 is 23.8 Å². The number of nitrogens with two attached hydrogens (primary N) is 1. The van der Waals surface area contributed by atoms with E-state index in [1.165, 1.54) is 7.11 Å². The molecule has 21 heavy (non-hydrogen) atoms. The molecular weight excluding hydrogens is 330 g/mol. The van der Waals surface area contributed by atoms with Gasteiger partial charge < -0.3 is 10.5 Å². The van der Waals surface area contributed by atoms with E-state index in [4.69, 9.17) is 34.3 Å². The summed E-state index contributed by atoms with van der Waals surface area (Å²) in [5.41, 5.74) is 5.86. The van der Waals surface area contributed by atoms with Crippen molar-refractivity contribution in [2.75, 3.05) is 19.5 Å². The molecule has 0 saturated heterocycles. The first-order chi connectivity index (χ1) is 9.81. The second-order valence-electron chi connectivity index (χ2n) is 5.24. The number of methoxy groups -OCH3 is 1. The van der Waals surface area contributed by atoms with Gasteiger partial charge in [0, 0.05) is 23.8 Å². The maximum Gasteiger partial charge on any atom is 0.154 e. The summed E-state index contributed by atoms with van der Waals surface area (Å²) in [5, 5.41) is -0.0905. The fraction of sp³-hybridized carbons (Fsp3) is 0.500. The average molecular weight is 348 g/mol. The molecule has 0 aliphatic heterocycles. The van der Waals surface area contributed by atoms with Crippen LogP contribution in [0, 0.1) is 5.41 Å². The zero-order valence-corrected chi connectivity index (χ0v) is 14.3. The lowest BCUT2D eigenvalue weighted by Gasteiger charge is -2.15. The van der Waals surface area contributed by atoms with E-state index in [-0.39, 0.29) is 23.3 Å². The van der Waals surface area contributed by atoms with E-state index in [1.807, 2.05) is 6.07 Å². The Labute approximate surface area is 135 Å². The van der Waals surface area contributed by atoms with Crippen molar-refractivity contribution in [3.05, 3.63) is 34.9 Å². The third-order valence-electron chi connectivity index (χ3n) is 4.10. The number of hydrogen-bond donors (Lipinski definition) is 1. The summed E-state index contributed by atoms with van der Waals surface area (Å²) < 4.78 is 30.1. The molecule has 0 heterocycles. The molecular formula is C14H18ClNO3S2. The van der Waals surface area contributed by atoms with Gasteiger partial charge in [-0.1, -0.05) is 42.9 Å². The predicted molar refractivity (Wildman–Crippen MR) is 88.5 cm³/mol. The van der Waals surface area contributed by atoms with Crippen LogP contribution < -0.4 is 5.73 Å². The van der Waals surface area contributed by atoms with Gasteiger partial charge in [-0.05, 0) is 17.7 Å². The Bertz CT molecular complexity index is 662. The van der Waals surface area contributed by atoms with Crippen molar-refractivity contribution in [3.8, 4) is 0 Å². The van der Waals surface area contributed by atoms with Gasteiger partial charge in [-0.3, -0.25) is 0 Å². The monoisotopic (exact) mass is 347 g/mol. The van der Waals surface area contributed by atoms with E-state index >= 15 is 0 Å². The molecule has 1 aliphatic carbocycles. The number of hydrogen-bond acceptors (Lipinski definition) is 4. The predicted octanol–water partition coefficient (Wildman–Crippen LogP) is 2.16. The molecule has 0 aromatic heterocycles. The van der Waals surface area contributed by atoms with Gasteiger partial charge in [-0.15, -0.1) is 0 Å². The summed E-state index contributed by atoms with van der Waals surface area (Å²) >= 11 is 11.2. The minimum atomic E-state index is -3.30. The third-order valence-corrected chi connectivity index (χ3v) is 6.98. The highest BCUT2D eigenvalue weighted by Crippen LogP contribution is 2.63. The van der Waals surface area contributed by atoms with E-state index in [1.54, 1.807) is 25.1 Å². The Hall–Kier alpha value is -0.690. The molecule has 1 saturated carbocycles. The van der Waals surface area contributed by atoms with Crippen molar-refractivity contribution in [1.29, 1.82) is 0 Å². The van der Waals surface area contributed by atoms with Crippen LogP contribution in [-0.4, -0.2) is 38.1 Å². The first-order valence-electron chi connectivity index (χ1n) is 6.57. The van der Waals surface area contributed by atoms with Gasteiger partial charge in [-0.2, -0.15) is 0 Å². The number of sulfone groups is 1. The minimum absolute atomic E-state index is 0.0445. The van der Waals surface area contributed by atoms with Crippen LogP contribution in [0.3, 0.4) is 0 Å². The summed E-state index contributed by atoms with van der Waals surface area (Å²) in [6.45, 7) is 1.81. The summed E-state index contributed by atoms with van der Waals surface area (Å²) in [6.07, 6.45) is 0. The van der Waals surface area contributed by atoms with Crippen molar-refractivity contribution >= 4 is 38.6 Å². The topological polar surface area (TPSA) is 69.4 Å². The number of thiocarbonyl (C=S) groups is 1. The zero-order valence-electron chi connectivity index (χ0n) is 11.9. The Morgan fingerprint density at radius 3 is 2.67 bits per heavy atom. The Morgan fingerprint density at radius 2 is 2.19 bits per heavy atom. The van der Waals surface area contributed by atoms with Crippen LogP contribution in [0.15, 0.2) is 24.3 Å². The minimum Gasteiger partial charge on any atom is -0.393 e. The van der Waals surface area contributed by atoms with Gasteiger partial charge >= 0.3 is 0 Å². The van der Waals surface area contributed by atoms with Crippen molar-refractivity contribution in [1.82, 2.24) is 0 Å². The summed E-state index contributed by atoms with van der Waals surface area (Å²) in [4.78, 5) is 0.177. The maximum atomic E-state index is 12.4. The van der Waals surface area contributed by atoms with E-state index in [0.717, 1.165) is 5.56 Å². The summed E-state index contributed by atoms with van der Waals surface area (Å²) in [6, 6.07) is 7.16. The SMILES string of the molecule is CCS(=O)(=O)[C@@H]1[C@@H](c2cccc(Cl)c2)[C@@]1(COC)C(N)=S. The van der Waals surface area contributed by atoms with Gasteiger partial charge in [0.2, 0.25) is 0 Å². The van der Waals surface area contributed by atoms with Crippen LogP contribution in [0.4, 0.5) is 0 Å². The van der Waals surface area contributed by atoms with Gasteiger partial charge in [0.05, 0.1) is 22.3 Å². The number of halogens is 1. The van der Waals surface area contributed by atoms with E-state index in [0.29, 0.717) is 5.02 Å². The molecule has 0 spiro atoms. The van der Waals surface area contributed by atoms with E-state index in [9.17, 15) is 8.42 Å². The van der Waals surface area contributed by atoms with Crippen molar-refractivity contribution in [2.24, 2.45) is 11.1 Å². The molecule has 3 atom stereocenters. The summed E-state index contributed by atoms with van der Waals surface area (Å²) in [7, 11) is -1.78. The molecule has 1 fully saturated rings. The standard InChI is InChI=1S/C14H18ClNO3S2/c1-3-21(17,18)12-11(9-5-4-6-10(15)7-9)14(12,8-19-2)13(16)20/h4-7,11-12H,3,8H2,1-2H3,(H2,16,20)/t11-,12-,14-/m1/s1. The molecule has 116 valence electrons. The highest BCUT2D eigenvalue weighted by molar-refractivity contribution is 7.92. The lowest BCUT2D eigenvalue weighted by atomic mass is 10.00. The van der Waals surface area contributed by atoms with Crippen molar-refractivity contribution in [3.63, 3.8) is 0 Å². The fourth-order valence-corrected chi connectivity index (χ4v) is 5.72. The van der Waals surface area contributed by atoms with Crippen LogP contribution in [-0.2, 0) is 14.6 Å². The van der Waals surface area contributed by atoms with E-state index in [2.05, 4.69) is 0 Å². The first kappa shape index (κ1) is 16.7. The van der Waals surface area contributed by atoms with Crippen molar-refractivity contribution < 1.29 is 13.2 Å². The van der Waals surface area contributed by atoms with Gasteiger partial charge in [0.1, 0.15) is 0 Å². The molecule has 1 aliphatic rings. The molecule has 7 heteroatoms. The number of rotatable bonds is 6. The maximum absolute atomic E-state index is 12.4. The summed E-state index contributed by atoms with van der Waals surface area (Å²) in [5.74, 6) is -0.262. The normalized spacial score (nSPS) is 28.3.